The molecule has 0 saturated carbocycles. The molecule has 1 aliphatic heterocycles. The van der Waals surface area contributed by atoms with Crippen molar-refractivity contribution in [2.45, 2.75) is 26.6 Å². The molecule has 1 saturated heterocycles. The van der Waals surface area contributed by atoms with Crippen LogP contribution >= 0.6 is 0 Å². The minimum absolute atomic E-state index is 0.0688. The molecule has 1 heterocycles. The minimum atomic E-state index is -1.27. The third kappa shape index (κ3) is 5.25. The zero-order chi connectivity index (χ0) is 16.8. The normalized spacial score (nSPS) is 18.7. The Morgan fingerprint density at radius 1 is 1.36 bits per heavy atom. The monoisotopic (exact) mass is 312 g/mol. The number of methoxy groups -OCH3 is 1. The maximum Gasteiger partial charge on any atom is 0.506 e. The van der Waals surface area contributed by atoms with Gasteiger partial charge in [0, 0.05) is 5.41 Å². The first-order valence-electron chi connectivity index (χ1n) is 6.59. The van der Waals surface area contributed by atoms with E-state index in [9.17, 15) is 9.59 Å². The minimum Gasteiger partial charge on any atom is -0.497 e. The van der Waals surface area contributed by atoms with E-state index in [0.717, 1.165) is 11.3 Å². The van der Waals surface area contributed by atoms with Crippen LogP contribution in [0.4, 0.5) is 4.79 Å². The van der Waals surface area contributed by atoms with Crippen LogP contribution in [0.1, 0.15) is 19.4 Å². The number of rotatable bonds is 3. The number of cyclic esters (lactones) is 1. The molecule has 1 aromatic carbocycles. The summed E-state index contributed by atoms with van der Waals surface area (Å²) in [5.74, 6) is 0.235. The summed E-state index contributed by atoms with van der Waals surface area (Å²) in [4.78, 5) is 20.6. The number of esters is 1. The number of carbonyl (C=O) groups is 2. The summed E-state index contributed by atoms with van der Waals surface area (Å²) in [6.45, 7) is 3.98. The predicted octanol–water partition coefficient (Wildman–Crippen LogP) is 1.82. The molecular weight excluding hydrogens is 292 g/mol. The fourth-order valence-electron chi connectivity index (χ4n) is 1.60. The van der Waals surface area contributed by atoms with E-state index in [0.29, 0.717) is 6.61 Å². The first kappa shape index (κ1) is 17.8. The average Bonchev–Trinajstić information content (AvgIpc) is 2.73. The van der Waals surface area contributed by atoms with Gasteiger partial charge in [-0.3, -0.25) is 0 Å². The predicted molar refractivity (Wildman–Crippen MR) is 76.6 cm³/mol. The van der Waals surface area contributed by atoms with Crippen molar-refractivity contribution >= 4 is 12.1 Å². The molecule has 22 heavy (non-hydrogen) atoms. The Bertz CT molecular complexity index is 507. The van der Waals surface area contributed by atoms with Crippen molar-refractivity contribution < 1.29 is 34.0 Å². The maximum atomic E-state index is 10.5. The molecule has 1 fully saturated rings. The highest BCUT2D eigenvalue weighted by molar-refractivity contribution is 5.77. The summed E-state index contributed by atoms with van der Waals surface area (Å²) < 4.78 is 13.9. The van der Waals surface area contributed by atoms with Gasteiger partial charge in [-0.2, -0.15) is 0 Å². The quantitative estimate of drug-likeness (QED) is 0.821. The Morgan fingerprint density at radius 3 is 2.27 bits per heavy atom. The van der Waals surface area contributed by atoms with Crippen molar-refractivity contribution in [3.8, 4) is 5.75 Å². The van der Waals surface area contributed by atoms with Gasteiger partial charge in [-0.1, -0.05) is 26.0 Å². The smallest absolute Gasteiger partial charge is 0.497 e. The molecule has 7 heteroatoms. The molecule has 122 valence electrons. The molecule has 1 aliphatic rings. The lowest BCUT2D eigenvalue weighted by Crippen LogP contribution is -2.29. The lowest BCUT2D eigenvalue weighted by molar-refractivity contribution is -0.145. The van der Waals surface area contributed by atoms with Crippen LogP contribution in [0.5, 0.6) is 5.75 Å². The van der Waals surface area contributed by atoms with Crippen LogP contribution in [0.15, 0.2) is 24.3 Å². The van der Waals surface area contributed by atoms with E-state index in [4.69, 9.17) is 14.9 Å². The van der Waals surface area contributed by atoms with Gasteiger partial charge in [-0.15, -0.1) is 0 Å². The summed E-state index contributed by atoms with van der Waals surface area (Å²) in [6.07, 6.45) is -2.20. The molecule has 0 spiro atoms. The third-order valence-corrected chi connectivity index (χ3v) is 3.07. The van der Waals surface area contributed by atoms with E-state index in [1.165, 1.54) is 0 Å². The van der Waals surface area contributed by atoms with Crippen molar-refractivity contribution in [2.24, 2.45) is 5.41 Å². The Morgan fingerprint density at radius 2 is 1.95 bits per heavy atom. The van der Waals surface area contributed by atoms with Gasteiger partial charge in [0.1, 0.15) is 12.4 Å². The largest absolute Gasteiger partial charge is 0.506 e. The number of benzene rings is 1. The number of carboxylic acid groups (broad SMARTS) is 1. The lowest BCUT2D eigenvalue weighted by atomic mass is 9.90. The summed E-state index contributed by atoms with van der Waals surface area (Å²) in [5, 5.41) is 17.3. The van der Waals surface area contributed by atoms with Gasteiger partial charge < -0.3 is 24.4 Å². The molecular formula is C15H20O7. The maximum absolute atomic E-state index is 10.5. The molecule has 0 bridgehead atoms. The van der Waals surface area contributed by atoms with Gasteiger partial charge in [0.05, 0.1) is 13.7 Å². The van der Waals surface area contributed by atoms with Crippen LogP contribution in [0.2, 0.25) is 0 Å². The highest BCUT2D eigenvalue weighted by atomic mass is 16.7. The third-order valence-electron chi connectivity index (χ3n) is 3.07. The number of hydrogen-bond donors (Lipinski definition) is 2. The van der Waals surface area contributed by atoms with Gasteiger partial charge in [0.15, 0.2) is 6.10 Å². The fraction of sp³-hybridized carbons (Fsp3) is 0.467. The van der Waals surface area contributed by atoms with Gasteiger partial charge >= 0.3 is 12.1 Å². The van der Waals surface area contributed by atoms with Crippen molar-refractivity contribution in [3.63, 3.8) is 0 Å². The van der Waals surface area contributed by atoms with Crippen LogP contribution in [0.25, 0.3) is 0 Å². The highest BCUT2D eigenvalue weighted by Gasteiger charge is 2.41. The zero-order valence-electron chi connectivity index (χ0n) is 12.7. The molecule has 2 rings (SSSR count). The molecule has 0 aromatic heterocycles. The van der Waals surface area contributed by atoms with Gasteiger partial charge in [0.2, 0.25) is 0 Å². The van der Waals surface area contributed by atoms with Crippen molar-refractivity contribution in [1.29, 1.82) is 0 Å². The van der Waals surface area contributed by atoms with Crippen molar-refractivity contribution in [3.05, 3.63) is 29.8 Å². The Hall–Kier alpha value is -2.28. The van der Waals surface area contributed by atoms with Crippen LogP contribution in [-0.2, 0) is 20.9 Å². The number of ether oxygens (including phenoxy) is 3. The summed E-state index contributed by atoms with van der Waals surface area (Å²) in [6, 6.07) is 7.00. The van der Waals surface area contributed by atoms with E-state index < -0.39 is 23.6 Å². The summed E-state index contributed by atoms with van der Waals surface area (Å²) in [5.41, 5.74) is 0.403. The first-order chi connectivity index (χ1) is 10.3. The highest BCUT2D eigenvalue weighted by Crippen LogP contribution is 2.27. The Balaban J connectivity index is 0.000000235. The standard InChI is InChI=1S/C9H10O4.C6H10O3/c1-12-8-4-2-7(3-5-8)6-13-9(10)11;1-6(2)3-9-5(8)4(6)7/h2-5H,6H2,1H3,(H,10,11);4,7H,3H2,1-2H3. The van der Waals surface area contributed by atoms with E-state index in [2.05, 4.69) is 9.47 Å². The molecule has 0 radical (unpaired) electrons. The van der Waals surface area contributed by atoms with Gasteiger partial charge in [-0.05, 0) is 17.7 Å². The number of hydrogen-bond acceptors (Lipinski definition) is 6. The van der Waals surface area contributed by atoms with Gasteiger partial charge in [-0.25, -0.2) is 9.59 Å². The molecule has 1 unspecified atom stereocenters. The summed E-state index contributed by atoms with van der Waals surface area (Å²) in [7, 11) is 1.57. The molecule has 2 N–H and O–H groups in total. The van der Waals surface area contributed by atoms with Crippen molar-refractivity contribution in [2.75, 3.05) is 13.7 Å². The second-order valence-corrected chi connectivity index (χ2v) is 5.40. The lowest BCUT2D eigenvalue weighted by Gasteiger charge is -2.15. The van der Waals surface area contributed by atoms with Crippen molar-refractivity contribution in [1.82, 2.24) is 0 Å². The van der Waals surface area contributed by atoms with E-state index >= 15 is 0 Å². The van der Waals surface area contributed by atoms with Crippen LogP contribution < -0.4 is 4.74 Å². The van der Waals surface area contributed by atoms with E-state index in [1.807, 2.05) is 0 Å². The number of aliphatic hydroxyl groups excluding tert-OH is 1. The Labute approximate surface area is 128 Å². The number of aliphatic hydroxyl groups is 1. The average molecular weight is 312 g/mol. The molecule has 0 aliphatic carbocycles. The molecule has 1 atom stereocenters. The van der Waals surface area contributed by atoms with E-state index in [1.54, 1.807) is 45.2 Å². The molecule has 0 amide bonds. The SMILES string of the molecule is CC1(C)COC(=O)C1O.COc1ccc(COC(=O)O)cc1. The van der Waals surface area contributed by atoms with Crippen LogP contribution in [0, 0.1) is 5.41 Å². The van der Waals surface area contributed by atoms with Crippen LogP contribution in [-0.4, -0.2) is 42.2 Å². The fourth-order valence-corrected chi connectivity index (χ4v) is 1.60. The first-order valence-corrected chi connectivity index (χ1v) is 6.59. The zero-order valence-corrected chi connectivity index (χ0v) is 12.7. The topological polar surface area (TPSA) is 102 Å². The second-order valence-electron chi connectivity index (χ2n) is 5.40. The summed E-state index contributed by atoms with van der Waals surface area (Å²) >= 11 is 0. The molecule has 7 nitrogen and oxygen atoms in total. The van der Waals surface area contributed by atoms with Gasteiger partial charge in [0.25, 0.3) is 0 Å². The van der Waals surface area contributed by atoms with Crippen LogP contribution in [0.3, 0.4) is 0 Å². The Kier molecular flexibility index (Phi) is 6.18. The molecule has 1 aromatic rings. The second kappa shape index (κ2) is 7.65. The van der Waals surface area contributed by atoms with E-state index in [-0.39, 0.29) is 6.61 Å². The number of carbonyl (C=O) groups excluding carboxylic acids is 1.